The van der Waals surface area contributed by atoms with Gasteiger partial charge in [-0.05, 0) is 42.8 Å². The number of benzene rings is 2. The smallest absolute Gasteiger partial charge is 0.228 e. The van der Waals surface area contributed by atoms with Crippen LogP contribution in [0.3, 0.4) is 0 Å². The van der Waals surface area contributed by atoms with Gasteiger partial charge in [-0.15, -0.1) is 0 Å². The molecule has 6 nitrogen and oxygen atoms in total. The number of hydrogen-bond donors (Lipinski definition) is 2. The first-order valence-corrected chi connectivity index (χ1v) is 8.94. The van der Waals surface area contributed by atoms with Crippen LogP contribution in [0.25, 0.3) is 0 Å². The van der Waals surface area contributed by atoms with Crippen LogP contribution in [0.1, 0.15) is 11.4 Å². The van der Waals surface area contributed by atoms with E-state index in [1.54, 1.807) is 24.3 Å². The Bertz CT molecular complexity index is 1020. The third-order valence-electron chi connectivity index (χ3n) is 4.09. The fourth-order valence-electron chi connectivity index (χ4n) is 2.67. The normalized spacial score (nSPS) is 10.5. The molecule has 0 fully saturated rings. The number of halogens is 2. The summed E-state index contributed by atoms with van der Waals surface area (Å²) in [5.41, 5.74) is 1.49. The quantitative estimate of drug-likeness (QED) is 0.657. The van der Waals surface area contributed by atoms with Crippen molar-refractivity contribution in [2.24, 2.45) is 0 Å². The van der Waals surface area contributed by atoms with E-state index in [-0.39, 0.29) is 12.0 Å². The Balaban J connectivity index is 1.63. The van der Waals surface area contributed by atoms with Gasteiger partial charge in [0.25, 0.3) is 0 Å². The lowest BCUT2D eigenvalue weighted by atomic mass is 10.1. The van der Waals surface area contributed by atoms with Crippen LogP contribution in [-0.2, 0) is 11.2 Å². The maximum absolute atomic E-state index is 13.7. The summed E-state index contributed by atoms with van der Waals surface area (Å²) in [4.78, 5) is 22.7. The SMILES string of the molecule is Cc1nc(Nc2ccc(NC(=O)Cc3ccc(F)cc3F)cc2)cc(N(C)C)n1. The van der Waals surface area contributed by atoms with E-state index in [1.165, 1.54) is 6.07 Å². The molecule has 0 bridgehead atoms. The Morgan fingerprint density at radius 2 is 1.69 bits per heavy atom. The molecule has 0 atom stereocenters. The van der Waals surface area contributed by atoms with Crippen LogP contribution in [0.15, 0.2) is 48.5 Å². The zero-order valence-corrected chi connectivity index (χ0v) is 16.3. The first-order valence-electron chi connectivity index (χ1n) is 8.94. The summed E-state index contributed by atoms with van der Waals surface area (Å²) < 4.78 is 26.6. The molecular weight excluding hydrogens is 376 g/mol. The van der Waals surface area contributed by atoms with Gasteiger partial charge in [-0.3, -0.25) is 4.79 Å². The van der Waals surface area contributed by atoms with Gasteiger partial charge in [0.2, 0.25) is 5.91 Å². The van der Waals surface area contributed by atoms with E-state index in [4.69, 9.17) is 0 Å². The van der Waals surface area contributed by atoms with Crippen LogP contribution in [0.5, 0.6) is 0 Å². The molecule has 1 heterocycles. The average molecular weight is 397 g/mol. The Morgan fingerprint density at radius 1 is 1.00 bits per heavy atom. The first kappa shape index (κ1) is 20.2. The highest BCUT2D eigenvalue weighted by molar-refractivity contribution is 5.92. The predicted octanol–water partition coefficient (Wildman–Crippen LogP) is 4.05. The second-order valence-corrected chi connectivity index (χ2v) is 6.72. The second kappa shape index (κ2) is 8.64. The summed E-state index contributed by atoms with van der Waals surface area (Å²) in [5, 5.41) is 5.89. The first-order chi connectivity index (χ1) is 13.8. The van der Waals surface area contributed by atoms with Crippen molar-refractivity contribution in [2.45, 2.75) is 13.3 Å². The summed E-state index contributed by atoms with van der Waals surface area (Å²) in [5.74, 6) is 0.291. The number of nitrogens with zero attached hydrogens (tertiary/aromatic N) is 3. The van der Waals surface area contributed by atoms with Crippen molar-refractivity contribution in [3.63, 3.8) is 0 Å². The van der Waals surface area contributed by atoms with E-state index in [1.807, 2.05) is 32.0 Å². The van der Waals surface area contributed by atoms with Crippen LogP contribution >= 0.6 is 0 Å². The maximum atomic E-state index is 13.7. The molecule has 0 aliphatic heterocycles. The molecule has 0 aliphatic rings. The molecule has 2 aromatic carbocycles. The van der Waals surface area contributed by atoms with Gasteiger partial charge in [-0.2, -0.15) is 0 Å². The van der Waals surface area contributed by atoms with Crippen LogP contribution in [0.4, 0.5) is 31.8 Å². The molecule has 0 spiro atoms. The fraction of sp³-hybridized carbons (Fsp3) is 0.190. The Kier molecular flexibility index (Phi) is 6.01. The predicted molar refractivity (Wildman–Crippen MR) is 110 cm³/mol. The Hall–Kier alpha value is -3.55. The lowest BCUT2D eigenvalue weighted by Gasteiger charge is -2.14. The van der Waals surface area contributed by atoms with Gasteiger partial charge >= 0.3 is 0 Å². The largest absolute Gasteiger partial charge is 0.363 e. The molecule has 0 unspecified atom stereocenters. The van der Waals surface area contributed by atoms with Gasteiger partial charge in [-0.1, -0.05) is 6.07 Å². The number of nitrogens with one attached hydrogen (secondary N) is 2. The number of aromatic nitrogens is 2. The number of carbonyl (C=O) groups is 1. The number of carbonyl (C=O) groups excluding carboxylic acids is 1. The molecule has 0 saturated heterocycles. The fourth-order valence-corrected chi connectivity index (χ4v) is 2.67. The highest BCUT2D eigenvalue weighted by Gasteiger charge is 2.10. The number of amides is 1. The van der Waals surface area contributed by atoms with Crippen molar-refractivity contribution in [3.05, 3.63) is 71.6 Å². The molecule has 8 heteroatoms. The molecule has 1 aromatic heterocycles. The van der Waals surface area contributed by atoms with Crippen molar-refractivity contribution in [3.8, 4) is 0 Å². The van der Waals surface area contributed by atoms with E-state index < -0.39 is 17.5 Å². The standard InChI is InChI=1S/C21H21F2N5O/c1-13-24-19(12-20(25-13)28(2)3)26-16-6-8-17(9-7-16)27-21(29)10-14-4-5-15(22)11-18(14)23/h4-9,11-12H,10H2,1-3H3,(H,27,29)(H,24,25,26). The monoisotopic (exact) mass is 397 g/mol. The zero-order valence-electron chi connectivity index (χ0n) is 16.3. The van der Waals surface area contributed by atoms with E-state index in [0.717, 1.165) is 23.6 Å². The zero-order chi connectivity index (χ0) is 21.0. The van der Waals surface area contributed by atoms with Crippen LogP contribution in [0.2, 0.25) is 0 Å². The third-order valence-corrected chi connectivity index (χ3v) is 4.09. The number of hydrogen-bond acceptors (Lipinski definition) is 5. The number of rotatable bonds is 6. The summed E-state index contributed by atoms with van der Waals surface area (Å²) >= 11 is 0. The number of anilines is 4. The van der Waals surface area contributed by atoms with Crippen molar-refractivity contribution < 1.29 is 13.6 Å². The maximum Gasteiger partial charge on any atom is 0.228 e. The molecule has 0 aliphatic carbocycles. The van der Waals surface area contributed by atoms with Crippen molar-refractivity contribution in [1.29, 1.82) is 0 Å². The van der Waals surface area contributed by atoms with Crippen molar-refractivity contribution in [1.82, 2.24) is 9.97 Å². The van der Waals surface area contributed by atoms with Crippen LogP contribution < -0.4 is 15.5 Å². The Labute approximate surface area is 167 Å². The highest BCUT2D eigenvalue weighted by Crippen LogP contribution is 2.21. The molecule has 2 N–H and O–H groups in total. The Morgan fingerprint density at radius 3 is 2.34 bits per heavy atom. The molecule has 0 radical (unpaired) electrons. The lowest BCUT2D eigenvalue weighted by molar-refractivity contribution is -0.115. The number of aryl methyl sites for hydroxylation is 1. The van der Waals surface area contributed by atoms with E-state index in [0.29, 0.717) is 17.3 Å². The van der Waals surface area contributed by atoms with Crippen molar-refractivity contribution in [2.75, 3.05) is 29.6 Å². The summed E-state index contributed by atoms with van der Waals surface area (Å²) in [6.07, 6.45) is -0.181. The van der Waals surface area contributed by atoms with E-state index >= 15 is 0 Å². The van der Waals surface area contributed by atoms with Crippen LogP contribution in [0, 0.1) is 18.6 Å². The summed E-state index contributed by atoms with van der Waals surface area (Å²) in [7, 11) is 3.81. The third kappa shape index (κ3) is 5.47. The second-order valence-electron chi connectivity index (χ2n) is 6.72. The summed E-state index contributed by atoms with van der Waals surface area (Å²) in [6, 6.07) is 12.0. The molecule has 150 valence electrons. The molecule has 1 amide bonds. The lowest BCUT2D eigenvalue weighted by Crippen LogP contribution is -2.15. The molecule has 0 saturated carbocycles. The van der Waals surface area contributed by atoms with Gasteiger partial charge in [0.05, 0.1) is 6.42 Å². The van der Waals surface area contributed by atoms with Crippen molar-refractivity contribution >= 4 is 28.9 Å². The summed E-state index contributed by atoms with van der Waals surface area (Å²) in [6.45, 7) is 1.82. The molecule has 3 aromatic rings. The van der Waals surface area contributed by atoms with Gasteiger partial charge in [0.15, 0.2) is 0 Å². The molecular formula is C21H21F2N5O. The highest BCUT2D eigenvalue weighted by atomic mass is 19.1. The van der Waals surface area contributed by atoms with Gasteiger partial charge < -0.3 is 15.5 Å². The molecule has 29 heavy (non-hydrogen) atoms. The average Bonchev–Trinajstić information content (AvgIpc) is 2.65. The van der Waals surface area contributed by atoms with Crippen LogP contribution in [-0.4, -0.2) is 30.0 Å². The topological polar surface area (TPSA) is 70.2 Å². The van der Waals surface area contributed by atoms with Gasteiger partial charge in [0.1, 0.15) is 29.1 Å². The van der Waals surface area contributed by atoms with Gasteiger partial charge in [-0.25, -0.2) is 18.7 Å². The minimum absolute atomic E-state index is 0.137. The van der Waals surface area contributed by atoms with E-state index in [2.05, 4.69) is 20.6 Å². The molecule has 3 rings (SSSR count). The minimum Gasteiger partial charge on any atom is -0.363 e. The van der Waals surface area contributed by atoms with E-state index in [9.17, 15) is 13.6 Å². The van der Waals surface area contributed by atoms with Gasteiger partial charge in [0, 0.05) is 37.6 Å². The minimum atomic E-state index is -0.739.